The van der Waals surface area contributed by atoms with Crippen LogP contribution in [0.1, 0.15) is 32.5 Å². The molecule has 0 fully saturated rings. The number of hydrogen-bond donors (Lipinski definition) is 0. The molecule has 0 aliphatic carbocycles. The summed E-state index contributed by atoms with van der Waals surface area (Å²) in [4.78, 5) is 0. The smallest absolute Gasteiger partial charge is 0.250 e. The molecule has 5 nitrogen and oxygen atoms in total. The lowest BCUT2D eigenvalue weighted by atomic mass is 10.2. The van der Waals surface area contributed by atoms with Crippen LogP contribution in [0, 0.1) is 0 Å². The Bertz CT molecular complexity index is 843. The summed E-state index contributed by atoms with van der Waals surface area (Å²) in [6, 6.07) is 12.1. The highest BCUT2D eigenvalue weighted by atomic mass is 28.4. The van der Waals surface area contributed by atoms with E-state index < -0.39 is 8.32 Å². The first-order valence-electron chi connectivity index (χ1n) is 9.22. The van der Waals surface area contributed by atoms with Crippen LogP contribution in [0.5, 0.6) is 5.75 Å². The van der Waals surface area contributed by atoms with Gasteiger partial charge in [0.25, 0.3) is 0 Å². The van der Waals surface area contributed by atoms with Gasteiger partial charge in [-0.05, 0) is 54.0 Å². The molecule has 6 heteroatoms. The summed E-state index contributed by atoms with van der Waals surface area (Å²) in [5, 5.41) is 8.90. The molecule has 0 N–H and O–H groups in total. The maximum absolute atomic E-state index is 6.43. The van der Waals surface area contributed by atoms with Crippen LogP contribution in [-0.4, -0.2) is 27.9 Å². The van der Waals surface area contributed by atoms with Crippen LogP contribution in [-0.2, 0) is 0 Å². The monoisotopic (exact) mass is 380 g/mol. The van der Waals surface area contributed by atoms with E-state index in [9.17, 15) is 0 Å². The van der Waals surface area contributed by atoms with E-state index >= 15 is 0 Å². The molecule has 3 aromatic rings. The van der Waals surface area contributed by atoms with E-state index in [0.29, 0.717) is 0 Å². The number of aromatic nitrogens is 4. The van der Waals surface area contributed by atoms with Crippen molar-refractivity contribution in [2.45, 2.75) is 45.1 Å². The highest BCUT2D eigenvalue weighted by Gasteiger charge is 2.38. The minimum atomic E-state index is -1.85. The van der Waals surface area contributed by atoms with E-state index in [-0.39, 0.29) is 11.2 Å². The Labute approximate surface area is 162 Å². The zero-order chi connectivity index (χ0) is 19.5. The number of hydrogen-bond acceptors (Lipinski definition) is 3. The summed E-state index contributed by atoms with van der Waals surface area (Å²) in [5.41, 5.74) is 1.09. The molecule has 0 saturated heterocycles. The van der Waals surface area contributed by atoms with Crippen molar-refractivity contribution in [2.75, 3.05) is 0 Å². The van der Waals surface area contributed by atoms with Gasteiger partial charge >= 0.3 is 0 Å². The van der Waals surface area contributed by atoms with Gasteiger partial charge in [-0.3, -0.25) is 0 Å². The predicted octanol–water partition coefficient (Wildman–Crippen LogP) is 5.22. The molecule has 0 amide bonds. The third-order valence-electron chi connectivity index (χ3n) is 5.09. The SMILES string of the molecule is CC(C)(C)[Si](C)(C)Oc1cccc(/C=C/C(n2cccn2)n2cccn2)c1. The van der Waals surface area contributed by atoms with Crippen molar-refractivity contribution in [2.24, 2.45) is 0 Å². The average Bonchev–Trinajstić information content (AvgIpc) is 3.28. The number of allylic oxidation sites excluding steroid dienone is 1. The van der Waals surface area contributed by atoms with E-state index in [4.69, 9.17) is 4.43 Å². The van der Waals surface area contributed by atoms with Crippen LogP contribution in [0.15, 0.2) is 67.3 Å². The molecule has 2 aromatic heterocycles. The van der Waals surface area contributed by atoms with Gasteiger partial charge in [-0.15, -0.1) is 0 Å². The maximum Gasteiger partial charge on any atom is 0.250 e. The van der Waals surface area contributed by atoms with Crippen LogP contribution in [0.2, 0.25) is 18.1 Å². The van der Waals surface area contributed by atoms with E-state index in [2.05, 4.69) is 68.3 Å². The molecule has 3 rings (SSSR count). The van der Waals surface area contributed by atoms with Crippen LogP contribution in [0.25, 0.3) is 6.08 Å². The molecule has 0 aliphatic heterocycles. The van der Waals surface area contributed by atoms with E-state index in [1.54, 1.807) is 12.4 Å². The van der Waals surface area contributed by atoms with Crippen LogP contribution in [0.4, 0.5) is 0 Å². The van der Waals surface area contributed by atoms with Gasteiger partial charge < -0.3 is 4.43 Å². The summed E-state index contributed by atoms with van der Waals surface area (Å²) in [7, 11) is -1.85. The summed E-state index contributed by atoms with van der Waals surface area (Å²) in [6.07, 6.45) is 11.5. The highest BCUT2D eigenvalue weighted by molar-refractivity contribution is 6.74. The van der Waals surface area contributed by atoms with Crippen molar-refractivity contribution in [1.82, 2.24) is 19.6 Å². The van der Waals surface area contributed by atoms with E-state index in [1.165, 1.54) is 0 Å². The lowest BCUT2D eigenvalue weighted by Crippen LogP contribution is -2.43. The Kier molecular flexibility index (Phi) is 5.37. The van der Waals surface area contributed by atoms with Crippen molar-refractivity contribution in [3.05, 3.63) is 72.8 Å². The molecule has 0 radical (unpaired) electrons. The molecule has 0 aliphatic rings. The zero-order valence-corrected chi connectivity index (χ0v) is 17.7. The summed E-state index contributed by atoms with van der Waals surface area (Å²) < 4.78 is 10.2. The Morgan fingerprint density at radius 1 is 1.00 bits per heavy atom. The Morgan fingerprint density at radius 3 is 2.15 bits per heavy atom. The molecule has 0 atom stereocenters. The third-order valence-corrected chi connectivity index (χ3v) is 9.45. The quantitative estimate of drug-likeness (QED) is 0.550. The van der Waals surface area contributed by atoms with Gasteiger partial charge in [0.1, 0.15) is 5.75 Å². The summed E-state index contributed by atoms with van der Waals surface area (Å²) in [6.45, 7) is 11.3. The number of benzene rings is 1. The van der Waals surface area contributed by atoms with Crippen LogP contribution < -0.4 is 4.43 Å². The fourth-order valence-corrected chi connectivity index (χ4v) is 3.52. The van der Waals surface area contributed by atoms with E-state index in [0.717, 1.165) is 11.3 Å². The molecule has 0 unspecified atom stereocenters. The second-order valence-electron chi connectivity index (χ2n) is 8.18. The van der Waals surface area contributed by atoms with Crippen molar-refractivity contribution < 1.29 is 4.43 Å². The number of nitrogens with zero attached hydrogens (tertiary/aromatic N) is 4. The van der Waals surface area contributed by atoms with Crippen molar-refractivity contribution in [3.8, 4) is 5.75 Å². The van der Waals surface area contributed by atoms with Gasteiger partial charge in [0, 0.05) is 24.8 Å². The molecular weight excluding hydrogens is 352 g/mol. The van der Waals surface area contributed by atoms with Crippen molar-refractivity contribution in [1.29, 1.82) is 0 Å². The van der Waals surface area contributed by atoms with Crippen molar-refractivity contribution >= 4 is 14.4 Å². The van der Waals surface area contributed by atoms with Gasteiger partial charge in [-0.25, -0.2) is 9.36 Å². The average molecular weight is 381 g/mol. The molecule has 0 bridgehead atoms. The molecule has 0 saturated carbocycles. The fraction of sp³-hybridized carbons (Fsp3) is 0.333. The predicted molar refractivity (Wildman–Crippen MR) is 112 cm³/mol. The lowest BCUT2D eigenvalue weighted by molar-refractivity contribution is 0.433. The number of rotatable bonds is 6. The standard InChI is InChI=1S/C21H28N4OSi/c1-21(2,3)27(4,5)26-19-10-6-9-18(17-19)11-12-20(24-15-7-13-22-24)25-16-8-14-23-25/h6-17,20H,1-5H3/b12-11+. The lowest BCUT2D eigenvalue weighted by Gasteiger charge is -2.36. The fourth-order valence-electron chi connectivity index (χ4n) is 2.50. The highest BCUT2D eigenvalue weighted by Crippen LogP contribution is 2.37. The molecule has 2 heterocycles. The first-order valence-corrected chi connectivity index (χ1v) is 12.1. The second-order valence-corrected chi connectivity index (χ2v) is 12.9. The molecule has 0 spiro atoms. The van der Waals surface area contributed by atoms with Crippen LogP contribution >= 0.6 is 0 Å². The first-order chi connectivity index (χ1) is 12.8. The Hall–Kier alpha value is -2.60. The van der Waals surface area contributed by atoms with E-state index in [1.807, 2.05) is 46.0 Å². The van der Waals surface area contributed by atoms with Gasteiger partial charge in [0.15, 0.2) is 6.17 Å². The molecular formula is C21H28N4OSi. The normalized spacial score (nSPS) is 12.8. The summed E-state index contributed by atoms with van der Waals surface area (Å²) >= 11 is 0. The third kappa shape index (κ3) is 4.57. The summed E-state index contributed by atoms with van der Waals surface area (Å²) in [5.74, 6) is 0.929. The molecule has 142 valence electrons. The van der Waals surface area contributed by atoms with Gasteiger partial charge in [-0.2, -0.15) is 10.2 Å². The maximum atomic E-state index is 6.43. The first kappa shape index (κ1) is 19.2. The minimum absolute atomic E-state index is 0.111. The Morgan fingerprint density at radius 2 is 1.63 bits per heavy atom. The molecule has 27 heavy (non-hydrogen) atoms. The van der Waals surface area contributed by atoms with Crippen LogP contribution in [0.3, 0.4) is 0 Å². The minimum Gasteiger partial charge on any atom is -0.543 e. The zero-order valence-electron chi connectivity index (χ0n) is 16.7. The van der Waals surface area contributed by atoms with Gasteiger partial charge in [0.05, 0.1) is 0 Å². The van der Waals surface area contributed by atoms with Gasteiger partial charge in [0.2, 0.25) is 8.32 Å². The van der Waals surface area contributed by atoms with Crippen molar-refractivity contribution in [3.63, 3.8) is 0 Å². The van der Waals surface area contributed by atoms with Gasteiger partial charge in [-0.1, -0.05) is 39.0 Å². The molecule has 1 aromatic carbocycles. The Balaban J connectivity index is 1.83. The topological polar surface area (TPSA) is 44.9 Å². The second kappa shape index (κ2) is 7.56. The largest absolute Gasteiger partial charge is 0.543 e.